The molecule has 8 heteroatoms. The molecule has 2 rings (SSSR count). The first-order valence-corrected chi connectivity index (χ1v) is 11.3. The van der Waals surface area contributed by atoms with Crippen molar-refractivity contribution in [2.75, 3.05) is 27.2 Å². The van der Waals surface area contributed by atoms with E-state index in [1.165, 1.54) is 31.8 Å². The number of hydrogen-bond acceptors (Lipinski definition) is 5. The largest absolute Gasteiger partial charge is 0.492 e. The van der Waals surface area contributed by atoms with Gasteiger partial charge in [0.25, 0.3) is 5.91 Å². The molecule has 1 atom stereocenters. The molecular weight excluding hydrogens is 404 g/mol. The second-order valence-corrected chi connectivity index (χ2v) is 9.31. The standard InChI is InChI=1S/C22H30N2O5S/c1-6-21(29-19-8-7-16(2)17(3)15-19)22(25)23-13-14-28-18-9-11-20(12-10-18)30(26,27)24(4)5/h7-12,15,21H,6,13-14H2,1-5H3,(H,23,25)/t21-/m0/s1. The van der Waals surface area contributed by atoms with Crippen LogP contribution in [-0.4, -0.2) is 52.0 Å². The number of hydrogen-bond donors (Lipinski definition) is 1. The minimum absolute atomic E-state index is 0.197. The number of nitrogens with one attached hydrogen (secondary N) is 1. The zero-order valence-electron chi connectivity index (χ0n) is 18.1. The van der Waals surface area contributed by atoms with E-state index < -0.39 is 16.1 Å². The summed E-state index contributed by atoms with van der Waals surface area (Å²) in [6.45, 7) is 6.49. The summed E-state index contributed by atoms with van der Waals surface area (Å²) >= 11 is 0. The highest BCUT2D eigenvalue weighted by atomic mass is 32.2. The Bertz CT molecular complexity index is 956. The molecule has 0 aliphatic heterocycles. The smallest absolute Gasteiger partial charge is 0.261 e. The van der Waals surface area contributed by atoms with Gasteiger partial charge in [-0.25, -0.2) is 12.7 Å². The monoisotopic (exact) mass is 434 g/mol. The van der Waals surface area contributed by atoms with Crippen LogP contribution in [0.1, 0.15) is 24.5 Å². The van der Waals surface area contributed by atoms with Crippen molar-refractivity contribution in [3.8, 4) is 11.5 Å². The predicted octanol–water partition coefficient (Wildman–Crippen LogP) is 2.91. The van der Waals surface area contributed by atoms with E-state index in [1.54, 1.807) is 12.1 Å². The first kappa shape index (κ1) is 23.7. The van der Waals surface area contributed by atoms with Gasteiger partial charge < -0.3 is 14.8 Å². The number of aryl methyl sites for hydroxylation is 2. The number of nitrogens with zero attached hydrogens (tertiary/aromatic N) is 1. The van der Waals surface area contributed by atoms with Crippen molar-refractivity contribution < 1.29 is 22.7 Å². The van der Waals surface area contributed by atoms with Crippen LogP contribution in [0.5, 0.6) is 11.5 Å². The van der Waals surface area contributed by atoms with Crippen LogP contribution in [0.15, 0.2) is 47.4 Å². The molecule has 0 heterocycles. The fourth-order valence-electron chi connectivity index (χ4n) is 2.65. The molecule has 164 valence electrons. The van der Waals surface area contributed by atoms with Gasteiger partial charge in [-0.15, -0.1) is 0 Å². The lowest BCUT2D eigenvalue weighted by molar-refractivity contribution is -0.128. The van der Waals surface area contributed by atoms with E-state index in [1.807, 2.05) is 39.0 Å². The van der Waals surface area contributed by atoms with Crippen LogP contribution < -0.4 is 14.8 Å². The normalized spacial score (nSPS) is 12.5. The first-order valence-electron chi connectivity index (χ1n) is 9.82. The van der Waals surface area contributed by atoms with Crippen LogP contribution >= 0.6 is 0 Å². The maximum atomic E-state index is 12.4. The van der Waals surface area contributed by atoms with E-state index >= 15 is 0 Å². The van der Waals surface area contributed by atoms with Gasteiger partial charge in [-0.2, -0.15) is 0 Å². The Hall–Kier alpha value is -2.58. The molecule has 0 bridgehead atoms. The molecule has 2 aromatic rings. The topological polar surface area (TPSA) is 84.9 Å². The van der Waals surface area contributed by atoms with E-state index in [2.05, 4.69) is 5.32 Å². The summed E-state index contributed by atoms with van der Waals surface area (Å²) in [6, 6.07) is 11.9. The van der Waals surface area contributed by atoms with Crippen molar-refractivity contribution in [2.24, 2.45) is 0 Å². The fourth-order valence-corrected chi connectivity index (χ4v) is 3.55. The Kier molecular flexibility index (Phi) is 8.25. The van der Waals surface area contributed by atoms with Gasteiger partial charge in [0.1, 0.15) is 18.1 Å². The summed E-state index contributed by atoms with van der Waals surface area (Å²) in [5, 5.41) is 2.81. The average molecular weight is 435 g/mol. The van der Waals surface area contributed by atoms with Gasteiger partial charge in [0.05, 0.1) is 11.4 Å². The van der Waals surface area contributed by atoms with E-state index in [9.17, 15) is 13.2 Å². The minimum atomic E-state index is -3.47. The van der Waals surface area contributed by atoms with Crippen molar-refractivity contribution in [1.29, 1.82) is 0 Å². The maximum Gasteiger partial charge on any atom is 0.261 e. The highest BCUT2D eigenvalue weighted by Gasteiger charge is 2.19. The van der Waals surface area contributed by atoms with Crippen LogP contribution in [0.3, 0.4) is 0 Å². The molecule has 0 aliphatic rings. The SMILES string of the molecule is CC[C@H](Oc1ccc(C)c(C)c1)C(=O)NCCOc1ccc(S(=O)(=O)N(C)C)cc1. The summed E-state index contributed by atoms with van der Waals surface area (Å²) in [7, 11) is -0.503. The van der Waals surface area contributed by atoms with Crippen LogP contribution in [0, 0.1) is 13.8 Å². The molecule has 0 aliphatic carbocycles. The lowest BCUT2D eigenvalue weighted by Crippen LogP contribution is -2.39. The second kappa shape index (κ2) is 10.4. The van der Waals surface area contributed by atoms with Gasteiger partial charge >= 0.3 is 0 Å². The van der Waals surface area contributed by atoms with Gasteiger partial charge in [-0.3, -0.25) is 4.79 Å². The highest BCUT2D eigenvalue weighted by molar-refractivity contribution is 7.89. The Morgan fingerprint density at radius 3 is 2.23 bits per heavy atom. The van der Waals surface area contributed by atoms with Gasteiger partial charge in [-0.05, 0) is 67.8 Å². The van der Waals surface area contributed by atoms with Crippen molar-refractivity contribution in [3.05, 3.63) is 53.6 Å². The molecule has 0 spiro atoms. The highest BCUT2D eigenvalue weighted by Crippen LogP contribution is 2.19. The number of sulfonamides is 1. The quantitative estimate of drug-likeness (QED) is 0.581. The number of carbonyl (C=O) groups excluding carboxylic acids is 1. The lowest BCUT2D eigenvalue weighted by Gasteiger charge is -2.18. The summed E-state index contributed by atoms with van der Waals surface area (Å²) in [6.07, 6.45) is -0.0378. The van der Waals surface area contributed by atoms with E-state index in [0.29, 0.717) is 24.5 Å². The summed E-state index contributed by atoms with van der Waals surface area (Å²) in [4.78, 5) is 12.6. The third kappa shape index (κ3) is 6.21. The van der Waals surface area contributed by atoms with Gasteiger partial charge in [0, 0.05) is 14.1 Å². The summed E-state index contributed by atoms with van der Waals surface area (Å²) in [5.74, 6) is 0.997. The molecule has 1 N–H and O–H groups in total. The Morgan fingerprint density at radius 2 is 1.67 bits per heavy atom. The molecule has 0 unspecified atom stereocenters. The zero-order valence-corrected chi connectivity index (χ0v) is 19.0. The van der Waals surface area contributed by atoms with E-state index in [-0.39, 0.29) is 17.4 Å². The number of carbonyl (C=O) groups is 1. The minimum Gasteiger partial charge on any atom is -0.492 e. The number of amides is 1. The molecule has 0 radical (unpaired) electrons. The molecule has 7 nitrogen and oxygen atoms in total. The van der Waals surface area contributed by atoms with Crippen molar-refractivity contribution >= 4 is 15.9 Å². The Balaban J connectivity index is 1.82. The Morgan fingerprint density at radius 1 is 1.03 bits per heavy atom. The van der Waals surface area contributed by atoms with Crippen LogP contribution in [-0.2, 0) is 14.8 Å². The maximum absolute atomic E-state index is 12.4. The molecule has 0 saturated heterocycles. The Labute approximate surface area is 179 Å². The summed E-state index contributed by atoms with van der Waals surface area (Å²) < 4.78 is 36.7. The van der Waals surface area contributed by atoms with Gasteiger partial charge in [-0.1, -0.05) is 13.0 Å². The summed E-state index contributed by atoms with van der Waals surface area (Å²) in [5.41, 5.74) is 2.28. The molecule has 2 aromatic carbocycles. The number of rotatable bonds is 10. The third-order valence-electron chi connectivity index (χ3n) is 4.69. The van der Waals surface area contributed by atoms with Gasteiger partial charge in [0.15, 0.2) is 6.10 Å². The van der Waals surface area contributed by atoms with Crippen molar-refractivity contribution in [3.63, 3.8) is 0 Å². The molecule has 1 amide bonds. The molecule has 30 heavy (non-hydrogen) atoms. The zero-order chi connectivity index (χ0) is 22.3. The van der Waals surface area contributed by atoms with E-state index in [0.717, 1.165) is 9.87 Å². The lowest BCUT2D eigenvalue weighted by atomic mass is 10.1. The second-order valence-electron chi connectivity index (χ2n) is 7.16. The predicted molar refractivity (Wildman–Crippen MR) is 116 cm³/mol. The molecular formula is C22H30N2O5S. The van der Waals surface area contributed by atoms with Gasteiger partial charge in [0.2, 0.25) is 10.0 Å². The van der Waals surface area contributed by atoms with Crippen LogP contribution in [0.2, 0.25) is 0 Å². The van der Waals surface area contributed by atoms with Crippen LogP contribution in [0.4, 0.5) is 0 Å². The third-order valence-corrected chi connectivity index (χ3v) is 6.52. The first-order chi connectivity index (χ1) is 14.1. The van der Waals surface area contributed by atoms with Crippen LogP contribution in [0.25, 0.3) is 0 Å². The number of benzene rings is 2. The van der Waals surface area contributed by atoms with E-state index in [4.69, 9.17) is 9.47 Å². The molecule has 0 saturated carbocycles. The fraction of sp³-hybridized carbons (Fsp3) is 0.409. The molecule has 0 fully saturated rings. The van der Waals surface area contributed by atoms with Crippen molar-refractivity contribution in [1.82, 2.24) is 9.62 Å². The number of ether oxygens (including phenoxy) is 2. The van der Waals surface area contributed by atoms with Crippen molar-refractivity contribution in [2.45, 2.75) is 38.2 Å². The molecule has 0 aromatic heterocycles. The average Bonchev–Trinajstić information content (AvgIpc) is 2.72.